The van der Waals surface area contributed by atoms with Gasteiger partial charge in [0.25, 0.3) is 0 Å². The van der Waals surface area contributed by atoms with Crippen LogP contribution in [0.2, 0.25) is 0 Å². The first-order valence-corrected chi connectivity index (χ1v) is 8.09. The number of nitrogens with one attached hydrogen (secondary N) is 2. The molecule has 2 aromatic carbocycles. The Morgan fingerprint density at radius 3 is 2.54 bits per heavy atom. The first-order chi connectivity index (χ1) is 11.5. The van der Waals surface area contributed by atoms with E-state index in [1.165, 1.54) is 11.1 Å². The molecule has 0 spiro atoms. The molecule has 0 aliphatic heterocycles. The van der Waals surface area contributed by atoms with E-state index in [-0.39, 0.29) is 18.0 Å². The molecule has 1 aliphatic carbocycles. The third kappa shape index (κ3) is 3.46. The predicted molar refractivity (Wildman–Crippen MR) is 93.7 cm³/mol. The van der Waals surface area contributed by atoms with E-state index in [1.807, 2.05) is 19.1 Å². The average Bonchev–Trinajstić information content (AvgIpc) is 2.98. The van der Waals surface area contributed by atoms with Crippen molar-refractivity contribution in [2.45, 2.75) is 31.8 Å². The SMILES string of the molecule is C[C@@H](N[C@@H]1CCc2ccccc21)C(=O)Nc1ccc(C(N)=O)cc1. The molecule has 0 bridgehead atoms. The zero-order valence-corrected chi connectivity index (χ0v) is 13.6. The van der Waals surface area contributed by atoms with E-state index in [1.54, 1.807) is 24.3 Å². The van der Waals surface area contributed by atoms with E-state index >= 15 is 0 Å². The highest BCUT2D eigenvalue weighted by Crippen LogP contribution is 2.31. The molecule has 0 fully saturated rings. The summed E-state index contributed by atoms with van der Waals surface area (Å²) in [4.78, 5) is 23.4. The van der Waals surface area contributed by atoms with Gasteiger partial charge in [-0.3, -0.25) is 14.9 Å². The smallest absolute Gasteiger partial charge is 0.248 e. The minimum atomic E-state index is -0.484. The van der Waals surface area contributed by atoms with Crippen molar-refractivity contribution in [1.82, 2.24) is 5.32 Å². The fourth-order valence-corrected chi connectivity index (χ4v) is 3.08. The summed E-state index contributed by atoms with van der Waals surface area (Å²) >= 11 is 0. The largest absolute Gasteiger partial charge is 0.366 e. The number of carbonyl (C=O) groups is 2. The first-order valence-electron chi connectivity index (χ1n) is 8.09. The third-order valence-corrected chi connectivity index (χ3v) is 4.41. The molecule has 0 heterocycles. The van der Waals surface area contributed by atoms with E-state index in [4.69, 9.17) is 5.73 Å². The number of rotatable bonds is 5. The fraction of sp³-hybridized carbons (Fsp3) is 0.263. The summed E-state index contributed by atoms with van der Waals surface area (Å²) in [5.41, 5.74) is 8.90. The molecule has 2 atom stereocenters. The zero-order chi connectivity index (χ0) is 17.1. The highest BCUT2D eigenvalue weighted by molar-refractivity contribution is 5.96. The van der Waals surface area contributed by atoms with Crippen LogP contribution < -0.4 is 16.4 Å². The van der Waals surface area contributed by atoms with Crippen LogP contribution in [0.1, 0.15) is 40.9 Å². The second-order valence-corrected chi connectivity index (χ2v) is 6.11. The van der Waals surface area contributed by atoms with Gasteiger partial charge in [-0.2, -0.15) is 0 Å². The Morgan fingerprint density at radius 2 is 1.83 bits per heavy atom. The molecular weight excluding hydrogens is 302 g/mol. The lowest BCUT2D eigenvalue weighted by Gasteiger charge is -2.20. The van der Waals surface area contributed by atoms with Gasteiger partial charge in [0, 0.05) is 17.3 Å². The van der Waals surface area contributed by atoms with Crippen molar-refractivity contribution in [3.8, 4) is 0 Å². The maximum atomic E-state index is 12.4. The second-order valence-electron chi connectivity index (χ2n) is 6.11. The summed E-state index contributed by atoms with van der Waals surface area (Å²) in [7, 11) is 0. The predicted octanol–water partition coefficient (Wildman–Crippen LogP) is 2.39. The van der Waals surface area contributed by atoms with Gasteiger partial charge in [0.05, 0.1) is 6.04 Å². The molecule has 4 N–H and O–H groups in total. The van der Waals surface area contributed by atoms with Gasteiger partial charge in [-0.15, -0.1) is 0 Å². The van der Waals surface area contributed by atoms with Crippen molar-refractivity contribution in [1.29, 1.82) is 0 Å². The number of hydrogen-bond donors (Lipinski definition) is 3. The number of anilines is 1. The average molecular weight is 323 g/mol. The fourth-order valence-electron chi connectivity index (χ4n) is 3.08. The quantitative estimate of drug-likeness (QED) is 0.790. The Morgan fingerprint density at radius 1 is 1.12 bits per heavy atom. The third-order valence-electron chi connectivity index (χ3n) is 4.41. The van der Waals surface area contributed by atoms with Gasteiger partial charge < -0.3 is 11.1 Å². The second kappa shape index (κ2) is 6.84. The summed E-state index contributed by atoms with van der Waals surface area (Å²) < 4.78 is 0. The number of nitrogens with two attached hydrogens (primary N) is 1. The molecule has 0 saturated carbocycles. The minimum Gasteiger partial charge on any atom is -0.366 e. The first kappa shape index (κ1) is 16.2. The Kier molecular flexibility index (Phi) is 4.62. The van der Waals surface area contributed by atoms with Gasteiger partial charge in [-0.25, -0.2) is 0 Å². The maximum absolute atomic E-state index is 12.4. The Bertz CT molecular complexity index is 755. The molecule has 0 saturated heterocycles. The number of primary amides is 1. The van der Waals surface area contributed by atoms with Crippen LogP contribution >= 0.6 is 0 Å². The van der Waals surface area contributed by atoms with E-state index in [0.29, 0.717) is 11.3 Å². The molecule has 0 unspecified atom stereocenters. The zero-order valence-electron chi connectivity index (χ0n) is 13.6. The summed E-state index contributed by atoms with van der Waals surface area (Å²) in [5, 5.41) is 6.25. The summed E-state index contributed by atoms with van der Waals surface area (Å²) in [5.74, 6) is -0.589. The molecule has 5 nitrogen and oxygen atoms in total. The monoisotopic (exact) mass is 323 g/mol. The van der Waals surface area contributed by atoms with Crippen molar-refractivity contribution >= 4 is 17.5 Å². The van der Waals surface area contributed by atoms with Crippen LogP contribution in [0.5, 0.6) is 0 Å². The van der Waals surface area contributed by atoms with Gasteiger partial charge >= 0.3 is 0 Å². The summed E-state index contributed by atoms with van der Waals surface area (Å²) in [6.07, 6.45) is 2.04. The van der Waals surface area contributed by atoms with Crippen LogP contribution in [0, 0.1) is 0 Å². The van der Waals surface area contributed by atoms with Crippen molar-refractivity contribution in [2.24, 2.45) is 5.73 Å². The molecule has 5 heteroatoms. The van der Waals surface area contributed by atoms with Gasteiger partial charge in [0.15, 0.2) is 0 Å². The van der Waals surface area contributed by atoms with Crippen LogP contribution in [-0.4, -0.2) is 17.9 Å². The number of hydrogen-bond acceptors (Lipinski definition) is 3. The van der Waals surface area contributed by atoms with E-state index in [0.717, 1.165) is 12.8 Å². The molecule has 3 rings (SSSR count). The van der Waals surface area contributed by atoms with E-state index < -0.39 is 5.91 Å². The summed E-state index contributed by atoms with van der Waals surface area (Å²) in [6, 6.07) is 14.8. The molecular formula is C19H21N3O2. The topological polar surface area (TPSA) is 84.2 Å². The maximum Gasteiger partial charge on any atom is 0.248 e. The van der Waals surface area contributed by atoms with Gasteiger partial charge in [-0.1, -0.05) is 24.3 Å². The van der Waals surface area contributed by atoms with Crippen LogP contribution in [-0.2, 0) is 11.2 Å². The number of fused-ring (bicyclic) bond motifs is 1. The lowest BCUT2D eigenvalue weighted by atomic mass is 10.1. The molecule has 2 amide bonds. The molecule has 24 heavy (non-hydrogen) atoms. The number of benzene rings is 2. The standard InChI is InChI=1S/C19H21N3O2/c1-12(21-17-11-8-13-4-2-3-5-16(13)17)19(24)22-15-9-6-14(7-10-15)18(20)23/h2-7,9-10,12,17,21H,8,11H2,1H3,(H2,20,23)(H,22,24)/t12-,17-/m1/s1. The van der Waals surface area contributed by atoms with Gasteiger partial charge in [0.2, 0.25) is 11.8 Å². The lowest BCUT2D eigenvalue weighted by Crippen LogP contribution is -2.39. The molecule has 2 aromatic rings. The van der Waals surface area contributed by atoms with Gasteiger partial charge in [-0.05, 0) is 55.2 Å². The number of carbonyl (C=O) groups excluding carboxylic acids is 2. The Labute approximate surface area is 141 Å². The molecule has 0 radical (unpaired) electrons. The van der Waals surface area contributed by atoms with Crippen LogP contribution in [0.3, 0.4) is 0 Å². The molecule has 124 valence electrons. The summed E-state index contributed by atoms with van der Waals surface area (Å²) in [6.45, 7) is 1.86. The van der Waals surface area contributed by atoms with Crippen LogP contribution in [0.15, 0.2) is 48.5 Å². The van der Waals surface area contributed by atoms with E-state index in [9.17, 15) is 9.59 Å². The number of aryl methyl sites for hydroxylation is 1. The molecule has 0 aromatic heterocycles. The van der Waals surface area contributed by atoms with Crippen LogP contribution in [0.4, 0.5) is 5.69 Å². The van der Waals surface area contributed by atoms with Crippen molar-refractivity contribution in [2.75, 3.05) is 5.32 Å². The molecule has 1 aliphatic rings. The number of amides is 2. The highest BCUT2D eigenvalue weighted by atomic mass is 16.2. The Balaban J connectivity index is 1.60. The normalized spacial score (nSPS) is 17.1. The Hall–Kier alpha value is -2.66. The van der Waals surface area contributed by atoms with Crippen molar-refractivity contribution in [3.05, 3.63) is 65.2 Å². The van der Waals surface area contributed by atoms with E-state index in [2.05, 4.69) is 22.8 Å². The van der Waals surface area contributed by atoms with Crippen molar-refractivity contribution < 1.29 is 9.59 Å². The minimum absolute atomic E-state index is 0.105. The highest BCUT2D eigenvalue weighted by Gasteiger charge is 2.25. The van der Waals surface area contributed by atoms with Crippen molar-refractivity contribution in [3.63, 3.8) is 0 Å². The van der Waals surface area contributed by atoms with Gasteiger partial charge in [0.1, 0.15) is 0 Å². The lowest BCUT2D eigenvalue weighted by molar-refractivity contribution is -0.118. The van der Waals surface area contributed by atoms with Crippen LogP contribution in [0.25, 0.3) is 0 Å².